The predicted octanol–water partition coefficient (Wildman–Crippen LogP) is 2.04. The van der Waals surface area contributed by atoms with E-state index in [-0.39, 0.29) is 17.6 Å². The normalized spacial score (nSPS) is 13.7. The SMILES string of the molecule is CC(=O)N[C@@H](CSc1nc(N)nc(-c2c(Cl)cc3c4c(cccc24)COC3)n1)C(N)=O. The van der Waals surface area contributed by atoms with Gasteiger partial charge >= 0.3 is 0 Å². The number of carbonyl (C=O) groups excluding carboxylic acids is 2. The molecule has 1 aliphatic rings. The number of anilines is 1. The molecule has 160 valence electrons. The second-order valence-corrected chi connectivity index (χ2v) is 8.39. The number of hydrogen-bond donors (Lipinski definition) is 3. The molecule has 1 aromatic heterocycles. The standard InChI is InChI=1S/C20H19ClN6O3S/c1-9(28)24-14(17(22)29)8-31-20-26-18(25-19(23)27-20)16-12-4-2-3-10-6-30-7-11(15(10)12)5-13(16)21/h2-5,14H,6-8H2,1H3,(H2,22,29)(H,24,28)(H2,23,25,26,27)/t14-/m0/s1. The quantitative estimate of drug-likeness (QED) is 0.475. The lowest BCUT2D eigenvalue weighted by Gasteiger charge is -2.20. The van der Waals surface area contributed by atoms with E-state index in [1.54, 1.807) is 0 Å². The van der Waals surface area contributed by atoms with Crippen molar-refractivity contribution in [2.45, 2.75) is 31.3 Å². The van der Waals surface area contributed by atoms with Crippen LogP contribution in [-0.2, 0) is 27.5 Å². The Kier molecular flexibility index (Phi) is 5.94. The van der Waals surface area contributed by atoms with Crippen molar-refractivity contribution in [1.82, 2.24) is 20.3 Å². The zero-order valence-corrected chi connectivity index (χ0v) is 18.1. The smallest absolute Gasteiger partial charge is 0.240 e. The zero-order chi connectivity index (χ0) is 22.1. The molecular formula is C20H19ClN6O3S. The molecule has 2 amide bonds. The zero-order valence-electron chi connectivity index (χ0n) is 16.5. The Balaban J connectivity index is 1.74. The minimum atomic E-state index is -0.868. The summed E-state index contributed by atoms with van der Waals surface area (Å²) < 4.78 is 5.64. The maximum atomic E-state index is 11.6. The molecule has 0 fully saturated rings. The number of aromatic nitrogens is 3. The van der Waals surface area contributed by atoms with Crippen molar-refractivity contribution in [3.8, 4) is 11.4 Å². The molecule has 2 heterocycles. The fourth-order valence-corrected chi connectivity index (χ4v) is 4.68. The molecule has 1 atom stereocenters. The van der Waals surface area contributed by atoms with E-state index in [4.69, 9.17) is 27.8 Å². The van der Waals surface area contributed by atoms with Gasteiger partial charge in [-0.1, -0.05) is 41.6 Å². The number of nitrogens with one attached hydrogen (secondary N) is 1. The molecule has 0 unspecified atom stereocenters. The van der Waals surface area contributed by atoms with Crippen molar-refractivity contribution in [2.75, 3.05) is 11.5 Å². The highest BCUT2D eigenvalue weighted by Gasteiger charge is 2.22. The van der Waals surface area contributed by atoms with Crippen LogP contribution in [0.2, 0.25) is 5.02 Å². The first-order valence-electron chi connectivity index (χ1n) is 9.35. The highest BCUT2D eigenvalue weighted by Crippen LogP contribution is 2.39. The van der Waals surface area contributed by atoms with Gasteiger partial charge < -0.3 is 21.5 Å². The first-order chi connectivity index (χ1) is 14.8. The maximum absolute atomic E-state index is 11.6. The number of ether oxygens (including phenoxy) is 1. The number of rotatable bonds is 6. The van der Waals surface area contributed by atoms with E-state index in [2.05, 4.69) is 20.3 Å². The van der Waals surface area contributed by atoms with Gasteiger partial charge in [-0.15, -0.1) is 0 Å². The summed E-state index contributed by atoms with van der Waals surface area (Å²) in [6.45, 7) is 2.31. The van der Waals surface area contributed by atoms with E-state index in [0.717, 1.165) is 33.7 Å². The van der Waals surface area contributed by atoms with Gasteiger partial charge in [0, 0.05) is 18.2 Å². The number of carbonyl (C=O) groups is 2. The minimum absolute atomic E-state index is 0.0162. The molecular weight excluding hydrogens is 440 g/mol. The molecule has 0 saturated carbocycles. The van der Waals surface area contributed by atoms with Crippen molar-refractivity contribution in [3.05, 3.63) is 40.4 Å². The van der Waals surface area contributed by atoms with Crippen LogP contribution < -0.4 is 16.8 Å². The number of nitrogens with zero attached hydrogens (tertiary/aromatic N) is 3. The molecule has 9 nitrogen and oxygen atoms in total. The van der Waals surface area contributed by atoms with Crippen LogP contribution in [0.25, 0.3) is 22.2 Å². The highest BCUT2D eigenvalue weighted by molar-refractivity contribution is 7.99. The van der Waals surface area contributed by atoms with Gasteiger partial charge in [0.15, 0.2) is 11.0 Å². The number of hydrogen-bond acceptors (Lipinski definition) is 8. The summed E-state index contributed by atoms with van der Waals surface area (Å²) in [7, 11) is 0. The molecule has 31 heavy (non-hydrogen) atoms. The lowest BCUT2D eigenvalue weighted by Crippen LogP contribution is -2.45. The van der Waals surface area contributed by atoms with E-state index in [1.165, 1.54) is 6.92 Å². The van der Waals surface area contributed by atoms with Crippen LogP contribution in [0.5, 0.6) is 0 Å². The van der Waals surface area contributed by atoms with E-state index in [9.17, 15) is 9.59 Å². The van der Waals surface area contributed by atoms with Gasteiger partial charge in [-0.3, -0.25) is 9.59 Å². The number of nitrogens with two attached hydrogens (primary N) is 2. The number of primary amides is 1. The Morgan fingerprint density at radius 1 is 1.26 bits per heavy atom. The molecule has 3 aromatic rings. The molecule has 11 heteroatoms. The number of nitrogen functional groups attached to an aromatic ring is 1. The summed E-state index contributed by atoms with van der Waals surface area (Å²) >= 11 is 7.75. The largest absolute Gasteiger partial charge is 0.372 e. The third-order valence-corrected chi connectivity index (χ3v) is 5.99. The summed E-state index contributed by atoms with van der Waals surface area (Å²) in [6, 6.07) is 6.89. The van der Waals surface area contributed by atoms with Crippen LogP contribution in [-0.4, -0.2) is 38.6 Å². The lowest BCUT2D eigenvalue weighted by molar-refractivity contribution is -0.125. The van der Waals surface area contributed by atoms with Crippen molar-refractivity contribution >= 4 is 51.9 Å². The minimum Gasteiger partial charge on any atom is -0.372 e. The highest BCUT2D eigenvalue weighted by atomic mass is 35.5. The van der Waals surface area contributed by atoms with Crippen LogP contribution in [0.3, 0.4) is 0 Å². The van der Waals surface area contributed by atoms with Crippen LogP contribution in [0.4, 0.5) is 5.95 Å². The topological polar surface area (TPSA) is 146 Å². The Morgan fingerprint density at radius 2 is 2.03 bits per heavy atom. The summed E-state index contributed by atoms with van der Waals surface area (Å²) in [4.78, 5) is 35.8. The second-order valence-electron chi connectivity index (χ2n) is 6.99. The molecule has 0 bridgehead atoms. The Morgan fingerprint density at radius 3 is 2.77 bits per heavy atom. The average Bonchev–Trinajstić information content (AvgIpc) is 2.70. The maximum Gasteiger partial charge on any atom is 0.240 e. The summed E-state index contributed by atoms with van der Waals surface area (Å²) in [5.41, 5.74) is 14.0. The lowest BCUT2D eigenvalue weighted by atomic mass is 9.94. The number of thioether (sulfide) groups is 1. The van der Waals surface area contributed by atoms with Crippen molar-refractivity contribution in [3.63, 3.8) is 0 Å². The Hall–Kier alpha value is -2.95. The molecule has 4 rings (SSSR count). The fraction of sp³-hybridized carbons (Fsp3) is 0.250. The predicted molar refractivity (Wildman–Crippen MR) is 118 cm³/mol. The number of amides is 2. The average molecular weight is 459 g/mol. The molecule has 1 aliphatic heterocycles. The summed E-state index contributed by atoms with van der Waals surface area (Å²) in [5, 5.41) is 5.23. The van der Waals surface area contributed by atoms with Gasteiger partial charge in [0.2, 0.25) is 17.8 Å². The molecule has 0 spiro atoms. The van der Waals surface area contributed by atoms with Gasteiger partial charge in [0.25, 0.3) is 0 Å². The van der Waals surface area contributed by atoms with Crippen molar-refractivity contribution < 1.29 is 14.3 Å². The van der Waals surface area contributed by atoms with Crippen LogP contribution >= 0.6 is 23.4 Å². The van der Waals surface area contributed by atoms with Gasteiger partial charge in [0.05, 0.1) is 18.2 Å². The summed E-state index contributed by atoms with van der Waals surface area (Å²) in [5.74, 6) is -0.529. The molecule has 0 saturated heterocycles. The van der Waals surface area contributed by atoms with E-state index in [0.29, 0.717) is 34.8 Å². The molecule has 5 N–H and O–H groups in total. The van der Waals surface area contributed by atoms with Gasteiger partial charge in [-0.05, 0) is 28.0 Å². The van der Waals surface area contributed by atoms with Crippen LogP contribution in [0.1, 0.15) is 18.1 Å². The van der Waals surface area contributed by atoms with E-state index >= 15 is 0 Å². The van der Waals surface area contributed by atoms with E-state index in [1.807, 2.05) is 24.3 Å². The molecule has 0 aliphatic carbocycles. The van der Waals surface area contributed by atoms with Gasteiger partial charge in [0.1, 0.15) is 6.04 Å². The summed E-state index contributed by atoms with van der Waals surface area (Å²) in [6.07, 6.45) is 0. The third-order valence-electron chi connectivity index (χ3n) is 4.75. The molecule has 2 aromatic carbocycles. The van der Waals surface area contributed by atoms with Gasteiger partial charge in [-0.25, -0.2) is 4.98 Å². The monoisotopic (exact) mass is 458 g/mol. The van der Waals surface area contributed by atoms with Crippen LogP contribution in [0.15, 0.2) is 29.4 Å². The van der Waals surface area contributed by atoms with Gasteiger partial charge in [-0.2, -0.15) is 9.97 Å². The third kappa shape index (κ3) is 4.41. The number of halogens is 1. The van der Waals surface area contributed by atoms with Crippen LogP contribution in [0, 0.1) is 0 Å². The fourth-order valence-electron chi connectivity index (χ4n) is 3.49. The molecule has 0 radical (unpaired) electrons. The van der Waals surface area contributed by atoms with Crippen molar-refractivity contribution in [1.29, 1.82) is 0 Å². The Bertz CT molecular complexity index is 1210. The first kappa shape index (κ1) is 21.3. The Labute approximate surface area is 186 Å². The van der Waals surface area contributed by atoms with Crippen molar-refractivity contribution in [2.24, 2.45) is 5.73 Å². The first-order valence-corrected chi connectivity index (χ1v) is 10.7. The second kappa shape index (κ2) is 8.66. The number of benzene rings is 2. The van der Waals surface area contributed by atoms with E-state index < -0.39 is 11.9 Å².